The van der Waals surface area contributed by atoms with Crippen molar-refractivity contribution in [3.8, 4) is 0 Å². The second kappa shape index (κ2) is 7.57. The number of carbonyl (C=O) groups is 1. The van der Waals surface area contributed by atoms with E-state index in [0.717, 1.165) is 68.8 Å². The van der Waals surface area contributed by atoms with Crippen LogP contribution in [0.15, 0.2) is 28.7 Å². The number of nitrogens with zero attached hydrogens (tertiary/aromatic N) is 2. The van der Waals surface area contributed by atoms with Gasteiger partial charge in [0.05, 0.1) is 18.8 Å². The normalized spacial score (nSPS) is 21.0. The number of hydrogen-bond donors (Lipinski definition) is 0. The highest BCUT2D eigenvalue weighted by molar-refractivity contribution is 9.10. The molecule has 22 heavy (non-hydrogen) atoms. The Kier molecular flexibility index (Phi) is 5.50. The van der Waals surface area contributed by atoms with Crippen LogP contribution in [-0.2, 0) is 4.74 Å². The molecule has 0 aliphatic carbocycles. The predicted molar refractivity (Wildman–Crippen MR) is 90.0 cm³/mol. The summed E-state index contributed by atoms with van der Waals surface area (Å²) in [6.45, 7) is 6.72. The highest BCUT2D eigenvalue weighted by Crippen LogP contribution is 2.23. The quantitative estimate of drug-likeness (QED) is 0.824. The van der Waals surface area contributed by atoms with E-state index in [-0.39, 0.29) is 5.91 Å². The number of benzene rings is 1. The number of halogens is 1. The highest BCUT2D eigenvalue weighted by Gasteiger charge is 2.26. The molecule has 120 valence electrons. The largest absolute Gasteiger partial charge is 0.379 e. The van der Waals surface area contributed by atoms with Crippen molar-refractivity contribution in [2.45, 2.75) is 12.8 Å². The first-order valence-electron chi connectivity index (χ1n) is 8.08. The predicted octanol–water partition coefficient (Wildman–Crippen LogP) is 2.63. The maximum atomic E-state index is 12.6. The van der Waals surface area contributed by atoms with Crippen molar-refractivity contribution in [2.24, 2.45) is 5.92 Å². The monoisotopic (exact) mass is 366 g/mol. The summed E-state index contributed by atoms with van der Waals surface area (Å²) in [6.07, 6.45) is 2.21. The Hall–Kier alpha value is -0.910. The van der Waals surface area contributed by atoms with E-state index in [1.165, 1.54) is 0 Å². The Morgan fingerprint density at radius 3 is 2.50 bits per heavy atom. The molecule has 2 saturated heterocycles. The van der Waals surface area contributed by atoms with Gasteiger partial charge in [-0.25, -0.2) is 0 Å². The van der Waals surface area contributed by atoms with E-state index in [9.17, 15) is 4.79 Å². The zero-order valence-corrected chi connectivity index (χ0v) is 14.4. The van der Waals surface area contributed by atoms with Gasteiger partial charge in [-0.3, -0.25) is 9.69 Å². The third-order valence-corrected chi connectivity index (χ3v) is 5.32. The van der Waals surface area contributed by atoms with Gasteiger partial charge in [0, 0.05) is 37.2 Å². The Balaban J connectivity index is 1.51. The first kappa shape index (κ1) is 16.0. The summed E-state index contributed by atoms with van der Waals surface area (Å²) in [5.74, 6) is 0.860. The number of ether oxygens (including phenoxy) is 1. The van der Waals surface area contributed by atoms with Gasteiger partial charge in [-0.2, -0.15) is 0 Å². The van der Waals surface area contributed by atoms with Crippen LogP contribution in [0.3, 0.4) is 0 Å². The Bertz CT molecular complexity index is 509. The van der Waals surface area contributed by atoms with Crippen LogP contribution < -0.4 is 0 Å². The molecule has 1 aromatic rings. The summed E-state index contributed by atoms with van der Waals surface area (Å²) >= 11 is 3.48. The lowest BCUT2D eigenvalue weighted by Crippen LogP contribution is -2.44. The molecule has 0 radical (unpaired) electrons. The standard InChI is InChI=1S/C17H23BrN2O2/c18-16-4-2-1-3-15(16)17(21)20-7-5-14(6-8-20)13-19-9-11-22-12-10-19/h1-4,14H,5-13H2. The van der Waals surface area contributed by atoms with Crippen molar-refractivity contribution in [1.29, 1.82) is 0 Å². The van der Waals surface area contributed by atoms with E-state index in [2.05, 4.69) is 20.8 Å². The van der Waals surface area contributed by atoms with Crippen molar-refractivity contribution >= 4 is 21.8 Å². The van der Waals surface area contributed by atoms with Crippen molar-refractivity contribution in [3.63, 3.8) is 0 Å². The second-order valence-electron chi connectivity index (χ2n) is 6.13. The number of hydrogen-bond acceptors (Lipinski definition) is 3. The van der Waals surface area contributed by atoms with Crippen molar-refractivity contribution in [1.82, 2.24) is 9.80 Å². The van der Waals surface area contributed by atoms with Crippen molar-refractivity contribution in [3.05, 3.63) is 34.3 Å². The molecule has 0 atom stereocenters. The van der Waals surface area contributed by atoms with Crippen LogP contribution in [0.5, 0.6) is 0 Å². The van der Waals surface area contributed by atoms with E-state index in [1.807, 2.05) is 29.2 Å². The molecule has 3 rings (SSSR count). The lowest BCUT2D eigenvalue weighted by atomic mass is 9.95. The number of carbonyl (C=O) groups excluding carboxylic acids is 1. The van der Waals surface area contributed by atoms with Gasteiger partial charge in [0.15, 0.2) is 0 Å². The average molecular weight is 367 g/mol. The number of rotatable bonds is 3. The molecule has 2 aliphatic rings. The van der Waals surface area contributed by atoms with Gasteiger partial charge in [0.1, 0.15) is 0 Å². The molecule has 0 bridgehead atoms. The van der Waals surface area contributed by atoms with Gasteiger partial charge in [0.25, 0.3) is 5.91 Å². The van der Waals surface area contributed by atoms with Gasteiger partial charge in [0.2, 0.25) is 0 Å². The molecule has 1 amide bonds. The Morgan fingerprint density at radius 2 is 1.82 bits per heavy atom. The summed E-state index contributed by atoms with van der Waals surface area (Å²) in [4.78, 5) is 17.1. The topological polar surface area (TPSA) is 32.8 Å². The molecule has 2 heterocycles. The summed E-state index contributed by atoms with van der Waals surface area (Å²) in [5, 5.41) is 0. The van der Waals surface area contributed by atoms with Crippen molar-refractivity contribution < 1.29 is 9.53 Å². The zero-order valence-electron chi connectivity index (χ0n) is 12.8. The van der Waals surface area contributed by atoms with E-state index in [1.54, 1.807) is 0 Å². The minimum atomic E-state index is 0.150. The smallest absolute Gasteiger partial charge is 0.254 e. The van der Waals surface area contributed by atoms with Crippen LogP contribution in [0.1, 0.15) is 23.2 Å². The minimum absolute atomic E-state index is 0.150. The lowest BCUT2D eigenvalue weighted by molar-refractivity contribution is 0.0243. The molecule has 0 unspecified atom stereocenters. The third kappa shape index (κ3) is 3.89. The first-order chi connectivity index (χ1) is 10.7. The zero-order chi connectivity index (χ0) is 15.4. The molecule has 0 N–H and O–H groups in total. The highest BCUT2D eigenvalue weighted by atomic mass is 79.9. The van der Waals surface area contributed by atoms with E-state index >= 15 is 0 Å². The fourth-order valence-electron chi connectivity index (χ4n) is 3.27. The van der Waals surface area contributed by atoms with Crippen LogP contribution in [0, 0.1) is 5.92 Å². The minimum Gasteiger partial charge on any atom is -0.379 e. The number of likely N-dealkylation sites (tertiary alicyclic amines) is 1. The van der Waals surface area contributed by atoms with Gasteiger partial charge in [-0.1, -0.05) is 12.1 Å². The van der Waals surface area contributed by atoms with Gasteiger partial charge in [-0.15, -0.1) is 0 Å². The fraction of sp³-hybridized carbons (Fsp3) is 0.588. The molecule has 0 spiro atoms. The average Bonchev–Trinajstić information content (AvgIpc) is 2.56. The number of piperidine rings is 1. The van der Waals surface area contributed by atoms with E-state index in [0.29, 0.717) is 5.92 Å². The molecule has 0 saturated carbocycles. The molecule has 5 heteroatoms. The third-order valence-electron chi connectivity index (χ3n) is 4.63. The van der Waals surface area contributed by atoms with Crippen LogP contribution in [0.2, 0.25) is 0 Å². The van der Waals surface area contributed by atoms with Crippen molar-refractivity contribution in [2.75, 3.05) is 45.9 Å². The van der Waals surface area contributed by atoms with E-state index in [4.69, 9.17) is 4.74 Å². The molecule has 2 fully saturated rings. The van der Waals surface area contributed by atoms with Crippen LogP contribution in [0.4, 0.5) is 0 Å². The summed E-state index contributed by atoms with van der Waals surface area (Å²) in [6, 6.07) is 7.68. The number of amides is 1. The van der Waals surface area contributed by atoms with Crippen LogP contribution >= 0.6 is 15.9 Å². The number of morpholine rings is 1. The summed E-state index contributed by atoms with van der Waals surface area (Å²) in [5.41, 5.74) is 0.772. The molecule has 0 aromatic heterocycles. The fourth-order valence-corrected chi connectivity index (χ4v) is 3.73. The summed E-state index contributed by atoms with van der Waals surface area (Å²) < 4.78 is 6.28. The molecule has 2 aliphatic heterocycles. The molecular weight excluding hydrogens is 344 g/mol. The molecule has 4 nitrogen and oxygen atoms in total. The maximum absolute atomic E-state index is 12.6. The molecular formula is C17H23BrN2O2. The summed E-state index contributed by atoms with van der Waals surface area (Å²) in [7, 11) is 0. The Labute approximate surface area is 140 Å². The second-order valence-corrected chi connectivity index (χ2v) is 6.98. The van der Waals surface area contributed by atoms with Gasteiger partial charge in [-0.05, 0) is 46.8 Å². The van der Waals surface area contributed by atoms with Gasteiger partial charge >= 0.3 is 0 Å². The van der Waals surface area contributed by atoms with Crippen LogP contribution in [0.25, 0.3) is 0 Å². The lowest BCUT2D eigenvalue weighted by Gasteiger charge is -2.36. The SMILES string of the molecule is O=C(c1ccccc1Br)N1CCC(CN2CCOCC2)CC1. The van der Waals surface area contributed by atoms with Crippen LogP contribution in [-0.4, -0.2) is 61.6 Å². The maximum Gasteiger partial charge on any atom is 0.254 e. The first-order valence-corrected chi connectivity index (χ1v) is 8.87. The van der Waals surface area contributed by atoms with E-state index < -0.39 is 0 Å². The van der Waals surface area contributed by atoms with Gasteiger partial charge < -0.3 is 9.64 Å². The molecule has 1 aromatic carbocycles. The Morgan fingerprint density at radius 1 is 1.14 bits per heavy atom.